The molecule has 140 valence electrons. The number of para-hydroxylation sites is 1. The number of hydrogen-bond donors (Lipinski definition) is 2. The molecule has 2 N–H and O–H groups in total. The van der Waals surface area contributed by atoms with Crippen LogP contribution in [0, 0.1) is 0 Å². The molecular formula is C19H20N4O4. The van der Waals surface area contributed by atoms with Crippen molar-refractivity contribution >= 4 is 11.8 Å². The van der Waals surface area contributed by atoms with Gasteiger partial charge in [-0.15, -0.1) is 0 Å². The van der Waals surface area contributed by atoms with Crippen molar-refractivity contribution in [2.75, 3.05) is 13.7 Å². The Morgan fingerprint density at radius 3 is 2.78 bits per heavy atom. The van der Waals surface area contributed by atoms with Crippen LogP contribution in [0.4, 0.5) is 0 Å². The van der Waals surface area contributed by atoms with E-state index in [4.69, 9.17) is 9.15 Å². The summed E-state index contributed by atoms with van der Waals surface area (Å²) in [6.07, 6.45) is 6.17. The number of imidazole rings is 1. The van der Waals surface area contributed by atoms with Crippen LogP contribution >= 0.6 is 0 Å². The third-order valence-electron chi connectivity index (χ3n) is 4.06. The molecule has 3 aromatic rings. The number of carbonyl (C=O) groups is 2. The summed E-state index contributed by atoms with van der Waals surface area (Å²) >= 11 is 0. The minimum absolute atomic E-state index is 0.180. The van der Waals surface area contributed by atoms with Crippen LogP contribution in [0.5, 0.6) is 5.75 Å². The fourth-order valence-electron chi connectivity index (χ4n) is 2.71. The van der Waals surface area contributed by atoms with Crippen LogP contribution in [0.25, 0.3) is 0 Å². The van der Waals surface area contributed by atoms with Gasteiger partial charge >= 0.3 is 0 Å². The molecule has 27 heavy (non-hydrogen) atoms. The lowest BCUT2D eigenvalue weighted by Gasteiger charge is -2.21. The number of rotatable bonds is 7. The first-order valence-electron chi connectivity index (χ1n) is 8.30. The molecule has 2 amide bonds. The normalized spacial score (nSPS) is 11.6. The van der Waals surface area contributed by atoms with Gasteiger partial charge in [-0.2, -0.15) is 0 Å². The minimum atomic E-state index is -0.528. The molecule has 3 rings (SSSR count). The summed E-state index contributed by atoms with van der Waals surface area (Å²) in [7, 11) is 3.42. The highest BCUT2D eigenvalue weighted by atomic mass is 16.5. The van der Waals surface area contributed by atoms with E-state index in [1.165, 1.54) is 18.6 Å². The van der Waals surface area contributed by atoms with Gasteiger partial charge in [-0.1, -0.05) is 18.2 Å². The van der Waals surface area contributed by atoms with E-state index < -0.39 is 6.04 Å². The molecule has 0 saturated heterocycles. The summed E-state index contributed by atoms with van der Waals surface area (Å²) in [5, 5.41) is 5.47. The van der Waals surface area contributed by atoms with Crippen LogP contribution in [-0.2, 0) is 11.8 Å². The predicted octanol–water partition coefficient (Wildman–Crippen LogP) is 1.66. The van der Waals surface area contributed by atoms with E-state index >= 15 is 0 Å². The van der Waals surface area contributed by atoms with Gasteiger partial charge in [0.25, 0.3) is 5.91 Å². The fraction of sp³-hybridized carbons (Fsp3) is 0.211. The average molecular weight is 368 g/mol. The molecule has 1 unspecified atom stereocenters. The highest BCUT2D eigenvalue weighted by Gasteiger charge is 2.24. The van der Waals surface area contributed by atoms with E-state index in [0.29, 0.717) is 17.1 Å². The van der Waals surface area contributed by atoms with E-state index in [9.17, 15) is 9.59 Å². The van der Waals surface area contributed by atoms with Crippen LogP contribution in [0.3, 0.4) is 0 Å². The number of nitrogens with one attached hydrogen (secondary N) is 2. The molecule has 1 aromatic carbocycles. The van der Waals surface area contributed by atoms with Gasteiger partial charge in [0.1, 0.15) is 23.9 Å². The molecule has 0 aliphatic carbocycles. The zero-order chi connectivity index (χ0) is 19.2. The maximum atomic E-state index is 12.5. The molecule has 0 fully saturated rings. The van der Waals surface area contributed by atoms with Gasteiger partial charge in [-0.05, 0) is 12.1 Å². The molecule has 0 aliphatic rings. The van der Waals surface area contributed by atoms with Crippen LogP contribution in [0.1, 0.15) is 27.8 Å². The zero-order valence-corrected chi connectivity index (χ0v) is 15.0. The van der Waals surface area contributed by atoms with Gasteiger partial charge in [0.15, 0.2) is 0 Å². The quantitative estimate of drug-likeness (QED) is 0.661. The number of methoxy groups -OCH3 is 1. The van der Waals surface area contributed by atoms with Crippen molar-refractivity contribution in [3.63, 3.8) is 0 Å². The number of aromatic nitrogens is 2. The van der Waals surface area contributed by atoms with E-state index in [2.05, 4.69) is 15.6 Å². The molecule has 8 nitrogen and oxygen atoms in total. The van der Waals surface area contributed by atoms with E-state index in [-0.39, 0.29) is 18.4 Å². The number of hydrogen-bond acceptors (Lipinski definition) is 5. The van der Waals surface area contributed by atoms with Gasteiger partial charge in [0.05, 0.1) is 25.5 Å². The molecule has 1 atom stereocenters. The summed E-state index contributed by atoms with van der Waals surface area (Å²) in [5.74, 6) is 0.540. The average Bonchev–Trinajstić information content (AvgIpc) is 3.36. The third kappa shape index (κ3) is 4.17. The maximum Gasteiger partial charge on any atom is 0.254 e. The summed E-state index contributed by atoms with van der Waals surface area (Å²) in [5.41, 5.74) is 1.12. The van der Waals surface area contributed by atoms with E-state index in [1.54, 1.807) is 19.5 Å². The number of carbonyl (C=O) groups excluding carboxylic acids is 2. The molecule has 8 heteroatoms. The number of furan rings is 1. The van der Waals surface area contributed by atoms with Gasteiger partial charge < -0.3 is 24.4 Å². The Hall–Kier alpha value is -3.55. The monoisotopic (exact) mass is 368 g/mol. The Morgan fingerprint density at radius 1 is 1.30 bits per heavy atom. The van der Waals surface area contributed by atoms with Crippen molar-refractivity contribution < 1.29 is 18.7 Å². The van der Waals surface area contributed by atoms with Gasteiger partial charge in [-0.3, -0.25) is 9.59 Å². The topological polar surface area (TPSA) is 98.4 Å². The number of aryl methyl sites for hydroxylation is 1. The molecule has 2 aromatic heterocycles. The lowest BCUT2D eigenvalue weighted by Crippen LogP contribution is -2.39. The summed E-state index contributed by atoms with van der Waals surface area (Å²) < 4.78 is 12.1. The van der Waals surface area contributed by atoms with Gasteiger partial charge in [0.2, 0.25) is 5.91 Å². The third-order valence-corrected chi connectivity index (χ3v) is 4.06. The summed E-state index contributed by atoms with van der Waals surface area (Å²) in [4.78, 5) is 28.8. The standard InChI is InChI=1S/C19H20N4O4/c1-23-9-8-20-18(23)17(14-5-3-4-6-15(14)26-2)22-16(24)11-21-19(25)13-7-10-27-12-13/h3-10,12,17H,11H2,1-2H3,(H,21,25)(H,22,24). The Morgan fingerprint density at radius 2 is 2.11 bits per heavy atom. The number of nitrogens with zero attached hydrogens (tertiary/aromatic N) is 2. The van der Waals surface area contributed by atoms with Crippen LogP contribution in [-0.4, -0.2) is 35.0 Å². The van der Waals surface area contributed by atoms with Crippen LogP contribution in [0.15, 0.2) is 59.7 Å². The fourth-order valence-corrected chi connectivity index (χ4v) is 2.71. The van der Waals surface area contributed by atoms with Crippen molar-refractivity contribution in [3.05, 3.63) is 72.2 Å². The smallest absolute Gasteiger partial charge is 0.254 e. The Kier molecular flexibility index (Phi) is 5.55. The van der Waals surface area contributed by atoms with E-state index in [1.807, 2.05) is 35.9 Å². The summed E-state index contributed by atoms with van der Waals surface area (Å²) in [6, 6.07) is 8.39. The van der Waals surface area contributed by atoms with Gasteiger partial charge in [0, 0.05) is 25.0 Å². The van der Waals surface area contributed by atoms with E-state index in [0.717, 1.165) is 5.56 Å². The number of benzene rings is 1. The zero-order valence-electron chi connectivity index (χ0n) is 15.0. The van der Waals surface area contributed by atoms with Crippen molar-refractivity contribution in [2.45, 2.75) is 6.04 Å². The first-order valence-corrected chi connectivity index (χ1v) is 8.30. The lowest BCUT2D eigenvalue weighted by molar-refractivity contribution is -0.120. The Labute approximate surface area is 156 Å². The molecule has 0 saturated carbocycles. The van der Waals surface area contributed by atoms with Crippen molar-refractivity contribution in [1.29, 1.82) is 0 Å². The first-order chi connectivity index (χ1) is 13.1. The number of ether oxygens (including phenoxy) is 1. The van der Waals surface area contributed by atoms with Crippen LogP contribution < -0.4 is 15.4 Å². The second kappa shape index (κ2) is 8.22. The Bertz CT molecular complexity index is 917. The first kappa shape index (κ1) is 18.2. The highest BCUT2D eigenvalue weighted by molar-refractivity contribution is 5.96. The Balaban J connectivity index is 1.77. The van der Waals surface area contributed by atoms with Gasteiger partial charge in [-0.25, -0.2) is 4.98 Å². The minimum Gasteiger partial charge on any atom is -0.496 e. The molecule has 0 spiro atoms. The molecule has 0 radical (unpaired) electrons. The van der Waals surface area contributed by atoms with Crippen molar-refractivity contribution in [3.8, 4) is 5.75 Å². The number of amides is 2. The largest absolute Gasteiger partial charge is 0.496 e. The SMILES string of the molecule is COc1ccccc1C(NC(=O)CNC(=O)c1ccoc1)c1nccn1C. The summed E-state index contributed by atoms with van der Waals surface area (Å²) in [6.45, 7) is -0.180. The molecular weight excluding hydrogens is 348 g/mol. The second-order valence-corrected chi connectivity index (χ2v) is 5.83. The van der Waals surface area contributed by atoms with Crippen molar-refractivity contribution in [2.24, 2.45) is 7.05 Å². The predicted molar refractivity (Wildman–Crippen MR) is 97.2 cm³/mol. The second-order valence-electron chi connectivity index (χ2n) is 5.83. The molecule has 0 bridgehead atoms. The molecule has 0 aliphatic heterocycles. The van der Waals surface area contributed by atoms with Crippen molar-refractivity contribution in [1.82, 2.24) is 20.2 Å². The molecule has 2 heterocycles. The lowest BCUT2D eigenvalue weighted by atomic mass is 10.0. The van der Waals surface area contributed by atoms with Crippen LogP contribution in [0.2, 0.25) is 0 Å². The highest BCUT2D eigenvalue weighted by Crippen LogP contribution is 2.28. The maximum absolute atomic E-state index is 12.5.